The number of likely N-dealkylation sites (N-methyl/N-ethyl adjacent to an activating group) is 1. The molecule has 0 unspecified atom stereocenters. The number of hydrogen-bond acceptors (Lipinski definition) is 5. The zero-order chi connectivity index (χ0) is 26.3. The van der Waals surface area contributed by atoms with E-state index >= 15 is 0 Å². The molecule has 8 heteroatoms. The third-order valence-corrected chi connectivity index (χ3v) is 5.55. The number of halogens is 1. The number of carbonyl (C=O) groups excluding carboxylic acids is 1. The van der Waals surface area contributed by atoms with Crippen LogP contribution in [0.4, 0.5) is 21.7 Å². The molecule has 1 aliphatic rings. The number of anilines is 3. The van der Waals surface area contributed by atoms with Crippen molar-refractivity contribution in [3.8, 4) is 0 Å². The van der Waals surface area contributed by atoms with Gasteiger partial charge in [-0.15, -0.1) is 0 Å². The largest absolute Gasteiger partial charge is 0.481 e. The van der Waals surface area contributed by atoms with Gasteiger partial charge in [-0.2, -0.15) is 0 Å². The number of rotatable bonds is 7. The molecule has 7 nitrogen and oxygen atoms in total. The molecule has 186 valence electrons. The van der Waals surface area contributed by atoms with E-state index in [-0.39, 0.29) is 18.1 Å². The standard InChI is InChI=1S/C25H27FN4O3.C2H6/c1-14(6-9-21(31)32)10-15(2)16(3)12-19-22-23(27-13-28-24(22)30(5)25(19)33)29-18-7-8-20(26)17(4)11-18;1-2/h7-8,10-13H,6,9H2,1-5H3,(H,31,32)(H,27,28,29);1-2H3/b14-10+,16-15+,19-12-;. The van der Waals surface area contributed by atoms with Crippen LogP contribution in [0.25, 0.3) is 5.57 Å². The fourth-order valence-electron chi connectivity index (χ4n) is 3.54. The number of hydrogen-bond donors (Lipinski definition) is 2. The minimum atomic E-state index is -0.837. The quantitative estimate of drug-likeness (QED) is 0.362. The molecule has 1 aliphatic heterocycles. The highest BCUT2D eigenvalue weighted by atomic mass is 19.1. The highest BCUT2D eigenvalue weighted by Crippen LogP contribution is 2.39. The summed E-state index contributed by atoms with van der Waals surface area (Å²) in [7, 11) is 1.66. The van der Waals surface area contributed by atoms with E-state index in [4.69, 9.17) is 5.11 Å². The van der Waals surface area contributed by atoms with Crippen LogP contribution in [-0.2, 0) is 9.59 Å². The van der Waals surface area contributed by atoms with Gasteiger partial charge >= 0.3 is 5.97 Å². The van der Waals surface area contributed by atoms with Crippen LogP contribution in [0.2, 0.25) is 0 Å². The number of nitrogens with one attached hydrogen (secondary N) is 1. The molecule has 35 heavy (non-hydrogen) atoms. The first-order chi connectivity index (χ1) is 16.6. The maximum atomic E-state index is 13.7. The average molecular weight is 481 g/mol. The first-order valence-electron chi connectivity index (χ1n) is 11.5. The Morgan fingerprint density at radius 2 is 1.83 bits per heavy atom. The predicted molar refractivity (Wildman–Crippen MR) is 138 cm³/mol. The smallest absolute Gasteiger partial charge is 0.303 e. The number of aryl methyl sites for hydroxylation is 1. The van der Waals surface area contributed by atoms with Crippen molar-refractivity contribution in [3.63, 3.8) is 0 Å². The highest BCUT2D eigenvalue weighted by Gasteiger charge is 2.34. The van der Waals surface area contributed by atoms with Crippen LogP contribution < -0.4 is 10.2 Å². The van der Waals surface area contributed by atoms with Crippen LogP contribution in [0.5, 0.6) is 0 Å². The first-order valence-corrected chi connectivity index (χ1v) is 11.5. The van der Waals surface area contributed by atoms with Gasteiger partial charge in [0, 0.05) is 19.2 Å². The molecule has 0 radical (unpaired) electrons. The molecule has 0 spiro atoms. The Hall–Kier alpha value is -3.81. The van der Waals surface area contributed by atoms with Gasteiger partial charge in [0.05, 0.1) is 11.1 Å². The van der Waals surface area contributed by atoms with Crippen molar-refractivity contribution < 1.29 is 19.1 Å². The molecule has 1 aromatic heterocycles. The summed E-state index contributed by atoms with van der Waals surface area (Å²) in [5.74, 6) is -0.403. The fraction of sp³-hybridized carbons (Fsp3) is 0.333. The Morgan fingerprint density at radius 3 is 2.46 bits per heavy atom. The zero-order valence-corrected chi connectivity index (χ0v) is 21.4. The lowest BCUT2D eigenvalue weighted by Crippen LogP contribution is -2.21. The first kappa shape index (κ1) is 27.4. The van der Waals surface area contributed by atoms with Crippen molar-refractivity contribution >= 4 is 34.8 Å². The van der Waals surface area contributed by atoms with Gasteiger partial charge in [-0.1, -0.05) is 25.5 Å². The summed E-state index contributed by atoms with van der Waals surface area (Å²) in [6.45, 7) is 11.4. The number of fused-ring (bicyclic) bond motifs is 1. The molecule has 2 N–H and O–H groups in total. The summed E-state index contributed by atoms with van der Waals surface area (Å²) in [4.78, 5) is 33.9. The maximum Gasteiger partial charge on any atom is 0.303 e. The topological polar surface area (TPSA) is 95.4 Å². The number of allylic oxidation sites excluding steroid dienone is 5. The van der Waals surface area contributed by atoms with Gasteiger partial charge in [0.1, 0.15) is 23.8 Å². The van der Waals surface area contributed by atoms with Crippen molar-refractivity contribution in [2.24, 2.45) is 0 Å². The van der Waals surface area contributed by atoms with Gasteiger partial charge in [-0.25, -0.2) is 14.4 Å². The molecule has 1 aromatic carbocycles. The monoisotopic (exact) mass is 480 g/mol. The lowest BCUT2D eigenvalue weighted by molar-refractivity contribution is -0.137. The number of carboxylic acid groups (broad SMARTS) is 1. The van der Waals surface area contributed by atoms with E-state index < -0.39 is 5.97 Å². The number of carbonyl (C=O) groups is 2. The third-order valence-electron chi connectivity index (χ3n) is 5.55. The van der Waals surface area contributed by atoms with Gasteiger partial charge in [0.2, 0.25) is 0 Å². The molecule has 0 bridgehead atoms. The van der Waals surface area contributed by atoms with Crippen LogP contribution in [0.15, 0.2) is 53.4 Å². The van der Waals surface area contributed by atoms with E-state index in [0.717, 1.165) is 16.7 Å². The number of carboxylic acids is 1. The number of benzene rings is 1. The number of aliphatic carboxylic acids is 1. The Labute approximate surface area is 206 Å². The Balaban J connectivity index is 0.00000210. The van der Waals surface area contributed by atoms with Gasteiger partial charge in [0.15, 0.2) is 0 Å². The number of amides is 1. The van der Waals surface area contributed by atoms with Crippen LogP contribution in [0.3, 0.4) is 0 Å². The van der Waals surface area contributed by atoms with Gasteiger partial charge in [-0.3, -0.25) is 14.5 Å². The summed E-state index contributed by atoms with van der Waals surface area (Å²) in [5, 5.41) is 12.1. The fourth-order valence-corrected chi connectivity index (χ4v) is 3.54. The second-order valence-corrected chi connectivity index (χ2v) is 8.18. The minimum absolute atomic E-state index is 0.0711. The summed E-state index contributed by atoms with van der Waals surface area (Å²) in [6.07, 6.45) is 5.64. The van der Waals surface area contributed by atoms with Gasteiger partial charge in [0.25, 0.3) is 5.91 Å². The maximum absolute atomic E-state index is 13.7. The Kier molecular flexibility index (Phi) is 9.45. The van der Waals surface area contributed by atoms with E-state index in [9.17, 15) is 14.0 Å². The molecule has 2 aromatic rings. The molecule has 0 saturated carbocycles. The molecular formula is C27H33FN4O3. The van der Waals surface area contributed by atoms with E-state index in [1.54, 1.807) is 32.2 Å². The molecule has 0 saturated heterocycles. The SMILES string of the molecule is CC.C\C(=C/C(C)=C(C)/C=C1\C(=O)N(C)c2ncnc(Nc3ccc(F)c(C)c3)c21)CCC(=O)O. The molecule has 0 atom stereocenters. The molecule has 0 aliphatic carbocycles. The molecule has 3 rings (SSSR count). The molecule has 0 fully saturated rings. The molecular weight excluding hydrogens is 447 g/mol. The summed E-state index contributed by atoms with van der Waals surface area (Å²) >= 11 is 0. The van der Waals surface area contributed by atoms with E-state index in [0.29, 0.717) is 40.4 Å². The summed E-state index contributed by atoms with van der Waals surface area (Å²) < 4.78 is 13.7. The predicted octanol–water partition coefficient (Wildman–Crippen LogP) is 6.20. The summed E-state index contributed by atoms with van der Waals surface area (Å²) in [6, 6.07) is 4.66. The lowest BCUT2D eigenvalue weighted by atomic mass is 10.0. The zero-order valence-electron chi connectivity index (χ0n) is 21.4. The minimum Gasteiger partial charge on any atom is -0.481 e. The van der Waals surface area contributed by atoms with Gasteiger partial charge < -0.3 is 10.4 Å². The van der Waals surface area contributed by atoms with Crippen molar-refractivity contribution in [3.05, 3.63) is 70.3 Å². The highest BCUT2D eigenvalue weighted by molar-refractivity contribution is 6.33. The number of aromatic nitrogens is 2. The average Bonchev–Trinajstić information content (AvgIpc) is 3.07. The summed E-state index contributed by atoms with van der Waals surface area (Å²) in [5.41, 5.74) is 4.90. The van der Waals surface area contributed by atoms with Crippen molar-refractivity contribution in [1.82, 2.24) is 9.97 Å². The van der Waals surface area contributed by atoms with Crippen molar-refractivity contribution in [2.45, 2.75) is 54.4 Å². The van der Waals surface area contributed by atoms with Crippen molar-refractivity contribution in [1.29, 1.82) is 0 Å². The second kappa shape index (κ2) is 12.1. The normalized spacial score (nSPS) is 14.9. The lowest BCUT2D eigenvalue weighted by Gasteiger charge is -2.11. The van der Waals surface area contributed by atoms with Crippen LogP contribution in [0.1, 0.15) is 58.6 Å². The van der Waals surface area contributed by atoms with Crippen LogP contribution in [0, 0.1) is 12.7 Å². The Morgan fingerprint density at radius 1 is 1.14 bits per heavy atom. The van der Waals surface area contributed by atoms with Crippen LogP contribution in [-0.4, -0.2) is 34.0 Å². The van der Waals surface area contributed by atoms with Crippen molar-refractivity contribution in [2.75, 3.05) is 17.3 Å². The second-order valence-electron chi connectivity index (χ2n) is 8.18. The number of nitrogens with zero attached hydrogens (tertiary/aromatic N) is 3. The third kappa shape index (κ3) is 6.62. The molecule has 1 amide bonds. The van der Waals surface area contributed by atoms with E-state index in [1.165, 1.54) is 17.3 Å². The van der Waals surface area contributed by atoms with Gasteiger partial charge in [-0.05, 0) is 75.1 Å². The molecule has 2 heterocycles. The van der Waals surface area contributed by atoms with E-state index in [1.807, 2.05) is 40.7 Å². The van der Waals surface area contributed by atoms with E-state index in [2.05, 4.69) is 15.3 Å². The van der Waals surface area contributed by atoms with Crippen LogP contribution >= 0.6 is 0 Å². The Bertz CT molecular complexity index is 1210.